The first-order chi connectivity index (χ1) is 9.40. The molecule has 0 saturated carbocycles. The minimum Gasteiger partial charge on any atom is -0.494 e. The molecule has 4 heteroatoms. The Labute approximate surface area is 120 Å². The van der Waals surface area contributed by atoms with Crippen molar-refractivity contribution in [2.24, 2.45) is 5.92 Å². The smallest absolute Gasteiger partial charge is 0.165 e. The molecule has 1 aromatic rings. The highest BCUT2D eigenvalue weighted by Crippen LogP contribution is 2.35. The van der Waals surface area contributed by atoms with Gasteiger partial charge in [0.25, 0.3) is 0 Å². The number of hydrogen-bond acceptors (Lipinski definition) is 3. The van der Waals surface area contributed by atoms with Gasteiger partial charge in [0.15, 0.2) is 11.6 Å². The van der Waals surface area contributed by atoms with E-state index in [1.54, 1.807) is 6.07 Å². The van der Waals surface area contributed by atoms with E-state index in [1.807, 2.05) is 6.07 Å². The highest BCUT2D eigenvalue weighted by atomic mass is 19.1. The molecular weight excluding hydrogens is 257 g/mol. The zero-order chi connectivity index (χ0) is 14.8. The Kier molecular flexibility index (Phi) is 4.66. The zero-order valence-corrected chi connectivity index (χ0v) is 12.7. The van der Waals surface area contributed by atoms with Crippen LogP contribution in [-0.4, -0.2) is 25.8 Å². The first-order valence-electron chi connectivity index (χ1n) is 7.11. The molecule has 1 aliphatic rings. The molecule has 2 rings (SSSR count). The van der Waals surface area contributed by atoms with Crippen molar-refractivity contribution in [2.45, 2.75) is 38.8 Å². The third-order valence-electron chi connectivity index (χ3n) is 3.61. The van der Waals surface area contributed by atoms with E-state index >= 15 is 0 Å². The standard InChI is InChI=1S/C16H24FNO2/c1-16(2,3)18-10-12-7-8-20-15(12)11-5-6-14(19-4)13(17)9-11/h5-6,9,12,15,18H,7-8,10H2,1-4H3. The molecule has 0 bridgehead atoms. The fraction of sp³-hybridized carbons (Fsp3) is 0.625. The largest absolute Gasteiger partial charge is 0.494 e. The van der Waals surface area contributed by atoms with Crippen molar-refractivity contribution in [1.82, 2.24) is 5.32 Å². The van der Waals surface area contributed by atoms with Gasteiger partial charge in [-0.3, -0.25) is 0 Å². The summed E-state index contributed by atoms with van der Waals surface area (Å²) >= 11 is 0. The maximum atomic E-state index is 13.8. The van der Waals surface area contributed by atoms with Crippen molar-refractivity contribution in [2.75, 3.05) is 20.3 Å². The summed E-state index contributed by atoms with van der Waals surface area (Å²) < 4.78 is 24.6. The second-order valence-corrected chi connectivity index (χ2v) is 6.37. The summed E-state index contributed by atoms with van der Waals surface area (Å²) in [5.74, 6) is 0.321. The molecule has 1 aromatic carbocycles. The number of rotatable bonds is 4. The van der Waals surface area contributed by atoms with Crippen LogP contribution in [0.5, 0.6) is 5.75 Å². The fourth-order valence-corrected chi connectivity index (χ4v) is 2.51. The Balaban J connectivity index is 2.08. The van der Waals surface area contributed by atoms with Crippen molar-refractivity contribution in [3.63, 3.8) is 0 Å². The molecule has 0 aromatic heterocycles. The van der Waals surface area contributed by atoms with Crippen LogP contribution in [0.1, 0.15) is 38.9 Å². The van der Waals surface area contributed by atoms with Crippen LogP contribution in [0, 0.1) is 11.7 Å². The van der Waals surface area contributed by atoms with E-state index in [4.69, 9.17) is 9.47 Å². The normalized spacial score (nSPS) is 23.1. The molecule has 1 saturated heterocycles. The molecular formula is C16H24FNO2. The van der Waals surface area contributed by atoms with Crippen LogP contribution in [0.4, 0.5) is 4.39 Å². The first kappa shape index (κ1) is 15.3. The van der Waals surface area contributed by atoms with Gasteiger partial charge in [-0.2, -0.15) is 0 Å². The maximum absolute atomic E-state index is 13.8. The molecule has 20 heavy (non-hydrogen) atoms. The van der Waals surface area contributed by atoms with Crippen LogP contribution in [0.15, 0.2) is 18.2 Å². The van der Waals surface area contributed by atoms with Crippen LogP contribution in [0.3, 0.4) is 0 Å². The van der Waals surface area contributed by atoms with Gasteiger partial charge in [-0.25, -0.2) is 4.39 Å². The van der Waals surface area contributed by atoms with E-state index in [1.165, 1.54) is 13.2 Å². The van der Waals surface area contributed by atoms with Gasteiger partial charge >= 0.3 is 0 Å². The number of benzene rings is 1. The Morgan fingerprint density at radius 3 is 2.75 bits per heavy atom. The maximum Gasteiger partial charge on any atom is 0.165 e. The van der Waals surface area contributed by atoms with Gasteiger partial charge in [0, 0.05) is 24.6 Å². The predicted octanol–water partition coefficient (Wildman–Crippen LogP) is 3.30. The van der Waals surface area contributed by atoms with Crippen LogP contribution < -0.4 is 10.1 Å². The fourth-order valence-electron chi connectivity index (χ4n) is 2.51. The highest BCUT2D eigenvalue weighted by molar-refractivity contribution is 5.31. The average Bonchev–Trinajstić information content (AvgIpc) is 2.83. The Bertz CT molecular complexity index is 456. The van der Waals surface area contributed by atoms with Crippen molar-refractivity contribution < 1.29 is 13.9 Å². The van der Waals surface area contributed by atoms with Crippen molar-refractivity contribution >= 4 is 0 Å². The molecule has 0 spiro atoms. The summed E-state index contributed by atoms with van der Waals surface area (Å²) in [5, 5.41) is 3.50. The molecule has 1 N–H and O–H groups in total. The number of ether oxygens (including phenoxy) is 2. The lowest BCUT2D eigenvalue weighted by molar-refractivity contribution is 0.0886. The monoisotopic (exact) mass is 281 g/mol. The lowest BCUT2D eigenvalue weighted by Gasteiger charge is -2.26. The summed E-state index contributed by atoms with van der Waals surface area (Å²) in [6.07, 6.45) is 0.965. The Morgan fingerprint density at radius 1 is 1.40 bits per heavy atom. The molecule has 0 radical (unpaired) electrons. The lowest BCUT2D eigenvalue weighted by atomic mass is 9.94. The number of methoxy groups -OCH3 is 1. The zero-order valence-electron chi connectivity index (χ0n) is 12.7. The van der Waals surface area contributed by atoms with E-state index in [9.17, 15) is 4.39 Å². The second-order valence-electron chi connectivity index (χ2n) is 6.37. The van der Waals surface area contributed by atoms with Gasteiger partial charge in [-0.05, 0) is 44.9 Å². The van der Waals surface area contributed by atoms with Crippen LogP contribution >= 0.6 is 0 Å². The number of halogens is 1. The van der Waals surface area contributed by atoms with Gasteiger partial charge in [0.2, 0.25) is 0 Å². The van der Waals surface area contributed by atoms with E-state index in [0.717, 1.165) is 25.1 Å². The summed E-state index contributed by atoms with van der Waals surface area (Å²) in [4.78, 5) is 0. The van der Waals surface area contributed by atoms with E-state index in [0.29, 0.717) is 5.92 Å². The van der Waals surface area contributed by atoms with Crippen molar-refractivity contribution in [1.29, 1.82) is 0 Å². The lowest BCUT2D eigenvalue weighted by Crippen LogP contribution is -2.39. The highest BCUT2D eigenvalue weighted by Gasteiger charge is 2.30. The van der Waals surface area contributed by atoms with Gasteiger partial charge < -0.3 is 14.8 Å². The van der Waals surface area contributed by atoms with Gasteiger partial charge in [-0.1, -0.05) is 6.07 Å². The number of hydrogen-bond donors (Lipinski definition) is 1. The SMILES string of the molecule is COc1ccc(C2OCCC2CNC(C)(C)C)cc1F. The minimum absolute atomic E-state index is 0.0368. The van der Waals surface area contributed by atoms with E-state index < -0.39 is 0 Å². The van der Waals surface area contributed by atoms with Crippen molar-refractivity contribution in [3.8, 4) is 5.75 Å². The van der Waals surface area contributed by atoms with Gasteiger partial charge in [0.1, 0.15) is 0 Å². The van der Waals surface area contributed by atoms with E-state index in [-0.39, 0.29) is 23.2 Å². The van der Waals surface area contributed by atoms with Crippen LogP contribution in [-0.2, 0) is 4.74 Å². The molecule has 0 aliphatic carbocycles. The molecule has 2 unspecified atom stereocenters. The molecule has 1 heterocycles. The summed E-state index contributed by atoms with van der Waals surface area (Å²) in [6, 6.07) is 5.08. The summed E-state index contributed by atoms with van der Waals surface area (Å²) in [6.45, 7) is 8.04. The van der Waals surface area contributed by atoms with Crippen LogP contribution in [0.2, 0.25) is 0 Å². The Morgan fingerprint density at radius 2 is 2.15 bits per heavy atom. The van der Waals surface area contributed by atoms with Gasteiger partial charge in [-0.15, -0.1) is 0 Å². The quantitative estimate of drug-likeness (QED) is 0.918. The average molecular weight is 281 g/mol. The molecule has 1 fully saturated rings. The second kappa shape index (κ2) is 6.10. The summed E-state index contributed by atoms with van der Waals surface area (Å²) in [5.41, 5.74) is 0.972. The molecule has 112 valence electrons. The first-order valence-corrected chi connectivity index (χ1v) is 7.11. The minimum atomic E-state index is -0.331. The molecule has 0 amide bonds. The number of nitrogens with one attached hydrogen (secondary N) is 1. The molecule has 2 atom stereocenters. The van der Waals surface area contributed by atoms with Crippen molar-refractivity contribution in [3.05, 3.63) is 29.6 Å². The topological polar surface area (TPSA) is 30.5 Å². The summed E-state index contributed by atoms with van der Waals surface area (Å²) in [7, 11) is 1.47. The molecule has 1 aliphatic heterocycles. The molecule has 3 nitrogen and oxygen atoms in total. The third-order valence-corrected chi connectivity index (χ3v) is 3.61. The predicted molar refractivity (Wildman–Crippen MR) is 77.5 cm³/mol. The van der Waals surface area contributed by atoms with E-state index in [2.05, 4.69) is 26.1 Å². The van der Waals surface area contributed by atoms with Crippen LogP contribution in [0.25, 0.3) is 0 Å². The Hall–Kier alpha value is -1.13. The van der Waals surface area contributed by atoms with Gasteiger partial charge in [0.05, 0.1) is 13.2 Å². The third kappa shape index (κ3) is 3.70.